The minimum atomic E-state index is -2.36. The number of amides is 3. The lowest BCUT2D eigenvalue weighted by atomic mass is 9.93. The van der Waals surface area contributed by atoms with Crippen LogP contribution in [0.1, 0.15) is 240 Å². The number of aliphatic hydroxyl groups excluding tert-OH is 20. The highest BCUT2D eigenvalue weighted by Gasteiger charge is 2.59. The summed E-state index contributed by atoms with van der Waals surface area (Å²) in [5, 5.41) is 233. The second-order valence-corrected chi connectivity index (χ2v) is 35.2. The van der Waals surface area contributed by atoms with E-state index in [2.05, 4.69) is 41.9 Å². The zero-order chi connectivity index (χ0) is 93.5. The molecule has 0 bridgehead atoms. The SMILES string of the molecule is CCCCCCCC/C=C\CCCCCCCCCCCCCC(=O)N[C@@H](CO[C@@H]1OC(CO)[C@@H](O[C@@H]2OC(CO)[C@H](O[C@@H]3OC(CO)[C@H](O)[C@H](O[C@@H]4OC(CO[C@@H]5OC(CO)[C@@H](O)[C@H](O[C@H]6C(O)[C@H](O)C(C)O[C@H]6O)C5NC(C)=O)[C@H](O)[C@H](O[C@@H]5OC(CO)[C@H](O)[C@H](O)C5O)C4NC(C)=O)C3O)[C@H](O)C2O)[C@H](O)C1O)[C@H](O)/C=C/CCCCCCCCCCCCC. The van der Waals surface area contributed by atoms with Crippen LogP contribution in [0.3, 0.4) is 0 Å². The van der Waals surface area contributed by atoms with Crippen LogP contribution in [0.25, 0.3) is 0 Å². The average molecular weight is 1850 g/mol. The molecule has 7 heterocycles. The van der Waals surface area contributed by atoms with Crippen LogP contribution in [0, 0.1) is 0 Å². The fourth-order valence-electron chi connectivity index (χ4n) is 17.3. The number of nitrogens with one attached hydrogen (secondary N) is 3. The van der Waals surface area contributed by atoms with Gasteiger partial charge >= 0.3 is 0 Å². The standard InChI is InChI=1S/C88H157N3O37/c1-6-8-10-12-14-16-18-20-21-22-23-24-25-26-27-29-31-33-35-37-39-41-60(100)91-52(53(99)40-38-36-34-32-30-28-19-17-15-13-11-9-7-2)47-115-85-73(111)70(108)76(57(45-95)121-85)125-87-74(112)71(109)77(58(46-96)122-87)126-88-75(113)80(66(104)56(44-94)120-88)128-84-62(90-51(5)98)79(127-86-72(110)68(106)64(102)54(42-92)119-86)67(105)59(123-84)48-116-83-61(89-50(4)97)78(65(103)55(43-93)118-83)124-81-69(107)63(101)49(3)117-82(81)114/h20-21,38,40,49,52-59,61-88,92-96,99,101-114H,6-19,22-37,39,41-48H2,1-5H3,(H,89,97)(H,90,98)(H,91,100)/b21-20-,40-38+/t49?,52-,53+,54?,55?,56?,57?,58?,59?,61?,62?,63+,64-,65+,66-,67-,68-,69?,70+,71+,72?,73?,74?,75?,76+,77-,78+,79+,80-,81-,82+,83+,84-,85+,86-,87-,88-/m0/s1. The predicted octanol–water partition coefficient (Wildman–Crippen LogP) is -1.46. The molecule has 40 heteroatoms. The van der Waals surface area contributed by atoms with Crippen LogP contribution in [0.2, 0.25) is 0 Å². The fraction of sp³-hybridized carbons (Fsp3) is 0.920. The van der Waals surface area contributed by atoms with E-state index in [1.807, 2.05) is 6.08 Å². The van der Waals surface area contributed by atoms with E-state index in [1.54, 1.807) is 6.08 Å². The topological polar surface area (TPSA) is 621 Å². The lowest BCUT2D eigenvalue weighted by molar-refractivity contribution is -0.390. The number of hydrogen-bond donors (Lipinski definition) is 23. The molecule has 7 rings (SSSR count). The first-order chi connectivity index (χ1) is 61.5. The van der Waals surface area contributed by atoms with Gasteiger partial charge in [-0.1, -0.05) is 192 Å². The molecule has 0 saturated carbocycles. The molecule has 128 heavy (non-hydrogen) atoms. The number of allylic oxidation sites excluding steroid dienone is 3. The summed E-state index contributed by atoms with van der Waals surface area (Å²) < 4.78 is 83.3. The first-order valence-electron chi connectivity index (χ1n) is 47.0. The molecule has 0 radical (unpaired) electrons. The van der Waals surface area contributed by atoms with E-state index in [-0.39, 0.29) is 12.3 Å². The van der Waals surface area contributed by atoms with E-state index < -0.39 is 285 Å². The molecule has 40 nitrogen and oxygen atoms in total. The van der Waals surface area contributed by atoms with E-state index in [4.69, 9.17) is 66.3 Å². The van der Waals surface area contributed by atoms with E-state index in [0.29, 0.717) is 12.8 Å². The Kier molecular flexibility index (Phi) is 51.9. The third kappa shape index (κ3) is 34.1. The zero-order valence-electron chi connectivity index (χ0n) is 75.1. The van der Waals surface area contributed by atoms with Gasteiger partial charge in [-0.15, -0.1) is 0 Å². The Bertz CT molecular complexity index is 3070. The molecule has 14 unspecified atom stereocenters. The highest BCUT2D eigenvalue weighted by molar-refractivity contribution is 5.76. The van der Waals surface area contributed by atoms with Crippen molar-refractivity contribution in [2.75, 3.05) is 46.2 Å². The molecule has 3 amide bonds. The van der Waals surface area contributed by atoms with E-state index in [1.165, 1.54) is 129 Å². The van der Waals surface area contributed by atoms with E-state index in [0.717, 1.165) is 78.1 Å². The van der Waals surface area contributed by atoms with Crippen LogP contribution in [-0.2, 0) is 80.7 Å². The largest absolute Gasteiger partial charge is 0.394 e. The quantitative estimate of drug-likeness (QED) is 0.0244. The highest BCUT2D eigenvalue weighted by atomic mass is 16.8. The summed E-state index contributed by atoms with van der Waals surface area (Å²) in [5.41, 5.74) is 0. The van der Waals surface area contributed by atoms with Crippen LogP contribution >= 0.6 is 0 Å². The van der Waals surface area contributed by atoms with Crippen LogP contribution in [-0.4, -0.2) is 393 Å². The van der Waals surface area contributed by atoms with Crippen molar-refractivity contribution in [3.8, 4) is 0 Å². The molecule has 7 aliphatic heterocycles. The molecule has 37 atom stereocenters. The van der Waals surface area contributed by atoms with Crippen molar-refractivity contribution in [1.29, 1.82) is 0 Å². The number of hydrogen-bond acceptors (Lipinski definition) is 37. The van der Waals surface area contributed by atoms with E-state index in [9.17, 15) is 117 Å². The third-order valence-corrected chi connectivity index (χ3v) is 25.0. The van der Waals surface area contributed by atoms with Crippen LogP contribution in [0.5, 0.6) is 0 Å². The summed E-state index contributed by atoms with van der Waals surface area (Å²) in [4.78, 5) is 39.8. The molecule has 23 N–H and O–H groups in total. The highest BCUT2D eigenvalue weighted by Crippen LogP contribution is 2.39. The average Bonchev–Trinajstić information content (AvgIpc) is 0.757. The molecule has 0 aliphatic carbocycles. The van der Waals surface area contributed by atoms with Gasteiger partial charge < -0.3 is 184 Å². The number of carbonyl (C=O) groups excluding carboxylic acids is 3. The number of aliphatic hydroxyl groups is 20. The van der Waals surface area contributed by atoms with Gasteiger partial charge in [-0.05, 0) is 51.9 Å². The Labute approximate surface area is 751 Å². The molecule has 0 spiro atoms. The Morgan fingerprint density at radius 2 is 0.695 bits per heavy atom. The minimum Gasteiger partial charge on any atom is -0.394 e. The Morgan fingerprint density at radius 3 is 1.18 bits per heavy atom. The van der Waals surface area contributed by atoms with Gasteiger partial charge in [0.1, 0.15) is 165 Å². The maximum Gasteiger partial charge on any atom is 0.220 e. The molecule has 7 saturated heterocycles. The Morgan fingerprint density at radius 1 is 0.336 bits per heavy atom. The van der Waals surface area contributed by atoms with Gasteiger partial charge in [0.15, 0.2) is 44.0 Å². The van der Waals surface area contributed by atoms with Gasteiger partial charge in [-0.25, -0.2) is 0 Å². The van der Waals surface area contributed by atoms with Gasteiger partial charge in [0.05, 0.1) is 64.5 Å². The van der Waals surface area contributed by atoms with Crippen molar-refractivity contribution in [3.63, 3.8) is 0 Å². The normalized spacial score (nSPS) is 37.7. The zero-order valence-corrected chi connectivity index (χ0v) is 75.1. The molecular weight excluding hydrogens is 1690 g/mol. The first-order valence-corrected chi connectivity index (χ1v) is 47.0. The van der Waals surface area contributed by atoms with Crippen molar-refractivity contribution in [2.45, 2.75) is 467 Å². The molecule has 0 aromatic rings. The van der Waals surface area contributed by atoms with Gasteiger partial charge in [-0.2, -0.15) is 0 Å². The van der Waals surface area contributed by atoms with Gasteiger partial charge in [-0.3, -0.25) is 14.4 Å². The lowest BCUT2D eigenvalue weighted by Crippen LogP contribution is -2.71. The molecule has 7 fully saturated rings. The second kappa shape index (κ2) is 59.5. The van der Waals surface area contributed by atoms with Gasteiger partial charge in [0, 0.05) is 20.3 Å². The molecule has 0 aromatic heterocycles. The van der Waals surface area contributed by atoms with Gasteiger partial charge in [0.2, 0.25) is 17.7 Å². The third-order valence-electron chi connectivity index (χ3n) is 25.0. The van der Waals surface area contributed by atoms with Crippen molar-refractivity contribution in [1.82, 2.24) is 16.0 Å². The first kappa shape index (κ1) is 112. The summed E-state index contributed by atoms with van der Waals surface area (Å²) in [6.45, 7) is 1.19. The summed E-state index contributed by atoms with van der Waals surface area (Å²) in [6, 6.07) is -4.72. The van der Waals surface area contributed by atoms with Crippen molar-refractivity contribution < 1.29 is 183 Å². The second-order valence-electron chi connectivity index (χ2n) is 35.2. The fourth-order valence-corrected chi connectivity index (χ4v) is 17.3. The van der Waals surface area contributed by atoms with E-state index >= 15 is 0 Å². The molecular formula is C88H157N3O37. The summed E-state index contributed by atoms with van der Waals surface area (Å²) in [6.07, 6.45) is -22.1. The van der Waals surface area contributed by atoms with Crippen molar-refractivity contribution in [2.24, 2.45) is 0 Å². The number of unbranched alkanes of at least 4 members (excludes halogenated alkanes) is 28. The number of rotatable bonds is 59. The lowest BCUT2D eigenvalue weighted by Gasteiger charge is -2.51. The Balaban J connectivity index is 0.997. The smallest absolute Gasteiger partial charge is 0.220 e. The molecule has 7 aliphatic rings. The maximum atomic E-state index is 13.6. The predicted molar refractivity (Wildman–Crippen MR) is 453 cm³/mol. The van der Waals surface area contributed by atoms with Crippen LogP contribution in [0.4, 0.5) is 0 Å². The summed E-state index contributed by atoms with van der Waals surface area (Å²) in [7, 11) is 0. The van der Waals surface area contributed by atoms with Crippen molar-refractivity contribution >= 4 is 17.7 Å². The molecule has 0 aromatic carbocycles. The maximum absolute atomic E-state index is 13.6. The van der Waals surface area contributed by atoms with Gasteiger partial charge in [0.25, 0.3) is 0 Å². The van der Waals surface area contributed by atoms with Crippen LogP contribution < -0.4 is 16.0 Å². The summed E-state index contributed by atoms with van der Waals surface area (Å²) in [5.74, 6) is -2.12. The Hall–Kier alpha value is -3.47. The van der Waals surface area contributed by atoms with Crippen LogP contribution in [0.15, 0.2) is 24.3 Å². The minimum absolute atomic E-state index is 0.161. The monoisotopic (exact) mass is 1850 g/mol. The van der Waals surface area contributed by atoms with Crippen molar-refractivity contribution in [3.05, 3.63) is 24.3 Å². The number of carbonyl (C=O) groups is 3. The summed E-state index contributed by atoms with van der Waals surface area (Å²) >= 11 is 0. The number of ether oxygens (including phenoxy) is 14. The molecule has 746 valence electrons.